The first-order valence-corrected chi connectivity index (χ1v) is 5.91. The van der Waals surface area contributed by atoms with E-state index in [-0.39, 0.29) is 11.6 Å². The van der Waals surface area contributed by atoms with Crippen LogP contribution in [0, 0.1) is 6.92 Å². The summed E-state index contributed by atoms with van der Waals surface area (Å²) in [6.07, 6.45) is 1.08. The van der Waals surface area contributed by atoms with Gasteiger partial charge in [0.25, 0.3) is 0 Å². The Hall–Kier alpha value is -0.800. The summed E-state index contributed by atoms with van der Waals surface area (Å²) >= 11 is 0. The van der Waals surface area contributed by atoms with E-state index >= 15 is 0 Å². The van der Waals surface area contributed by atoms with E-state index in [1.165, 1.54) is 0 Å². The van der Waals surface area contributed by atoms with Gasteiger partial charge >= 0.3 is 0 Å². The van der Waals surface area contributed by atoms with Gasteiger partial charge in [-0.25, -0.2) is 0 Å². The summed E-state index contributed by atoms with van der Waals surface area (Å²) < 4.78 is 5.68. The summed E-state index contributed by atoms with van der Waals surface area (Å²) in [5.74, 6) is 1.90. The Morgan fingerprint density at radius 3 is 2.44 bits per heavy atom. The smallest absolute Gasteiger partial charge is 0.122 e. The highest BCUT2D eigenvalue weighted by molar-refractivity contribution is 5.11. The predicted molar refractivity (Wildman–Crippen MR) is 67.4 cm³/mol. The van der Waals surface area contributed by atoms with Crippen LogP contribution in [0.15, 0.2) is 16.5 Å². The van der Waals surface area contributed by atoms with Crippen LogP contribution in [0.4, 0.5) is 0 Å². The van der Waals surface area contributed by atoms with Gasteiger partial charge in [-0.1, -0.05) is 6.92 Å². The minimum atomic E-state index is 0.130. The first-order valence-electron chi connectivity index (χ1n) is 5.91. The van der Waals surface area contributed by atoms with E-state index < -0.39 is 0 Å². The van der Waals surface area contributed by atoms with Crippen LogP contribution in [0.2, 0.25) is 0 Å². The molecule has 0 aliphatic rings. The first kappa shape index (κ1) is 13.3. The standard InChI is InChI=1S/C13H24N2O/c1-6-13(3,4)15(5)11(9-14)12-8-7-10(2)16-12/h7-8,11H,6,9,14H2,1-5H3. The molecular formula is C13H24N2O. The fourth-order valence-corrected chi connectivity index (χ4v) is 1.77. The fraction of sp³-hybridized carbons (Fsp3) is 0.692. The average molecular weight is 224 g/mol. The van der Waals surface area contributed by atoms with Gasteiger partial charge in [0.15, 0.2) is 0 Å². The van der Waals surface area contributed by atoms with Crippen molar-refractivity contribution in [1.82, 2.24) is 4.90 Å². The van der Waals surface area contributed by atoms with Crippen LogP contribution in [-0.4, -0.2) is 24.0 Å². The van der Waals surface area contributed by atoms with E-state index in [2.05, 4.69) is 32.7 Å². The predicted octanol–water partition coefficient (Wildman–Crippen LogP) is 2.71. The maximum absolute atomic E-state index is 5.86. The summed E-state index contributed by atoms with van der Waals surface area (Å²) in [5.41, 5.74) is 5.99. The molecule has 1 atom stereocenters. The molecule has 0 aliphatic heterocycles. The van der Waals surface area contributed by atoms with Crippen molar-refractivity contribution >= 4 is 0 Å². The lowest BCUT2D eigenvalue weighted by molar-refractivity contribution is 0.0879. The number of likely N-dealkylation sites (N-methyl/N-ethyl adjacent to an activating group) is 1. The van der Waals surface area contributed by atoms with Crippen LogP contribution in [0.3, 0.4) is 0 Å². The van der Waals surface area contributed by atoms with Gasteiger partial charge in [-0.2, -0.15) is 0 Å². The number of aryl methyl sites for hydroxylation is 1. The molecule has 0 aromatic carbocycles. The Morgan fingerprint density at radius 1 is 1.44 bits per heavy atom. The Kier molecular flexibility index (Phi) is 4.16. The third kappa shape index (κ3) is 2.66. The molecule has 2 N–H and O–H groups in total. The highest BCUT2D eigenvalue weighted by Crippen LogP contribution is 2.28. The zero-order valence-electron chi connectivity index (χ0n) is 11.1. The summed E-state index contributed by atoms with van der Waals surface area (Å²) in [6, 6.07) is 4.17. The van der Waals surface area contributed by atoms with Crippen molar-refractivity contribution in [3.05, 3.63) is 23.7 Å². The van der Waals surface area contributed by atoms with Gasteiger partial charge in [0.2, 0.25) is 0 Å². The lowest BCUT2D eigenvalue weighted by atomic mass is 9.97. The molecule has 3 heteroatoms. The van der Waals surface area contributed by atoms with Crippen LogP contribution in [0.25, 0.3) is 0 Å². The summed E-state index contributed by atoms with van der Waals surface area (Å²) in [5, 5.41) is 0. The zero-order chi connectivity index (χ0) is 12.3. The quantitative estimate of drug-likeness (QED) is 0.836. The van der Waals surface area contributed by atoms with Crippen molar-refractivity contribution in [3.8, 4) is 0 Å². The molecule has 0 fully saturated rings. The van der Waals surface area contributed by atoms with Crippen molar-refractivity contribution in [3.63, 3.8) is 0 Å². The topological polar surface area (TPSA) is 42.4 Å². The van der Waals surface area contributed by atoms with Gasteiger partial charge in [-0.05, 0) is 46.4 Å². The van der Waals surface area contributed by atoms with Crippen LogP contribution >= 0.6 is 0 Å². The number of hydrogen-bond acceptors (Lipinski definition) is 3. The van der Waals surface area contributed by atoms with Gasteiger partial charge < -0.3 is 10.2 Å². The molecule has 92 valence electrons. The van der Waals surface area contributed by atoms with Crippen molar-refractivity contribution in [2.45, 2.75) is 45.7 Å². The van der Waals surface area contributed by atoms with Gasteiger partial charge in [0.05, 0.1) is 6.04 Å². The number of hydrogen-bond donors (Lipinski definition) is 1. The molecule has 0 aliphatic carbocycles. The monoisotopic (exact) mass is 224 g/mol. The molecule has 0 amide bonds. The third-order valence-corrected chi connectivity index (χ3v) is 3.60. The second kappa shape index (κ2) is 5.02. The molecule has 1 aromatic heterocycles. The van der Waals surface area contributed by atoms with E-state index in [1.54, 1.807) is 0 Å². The second-order valence-corrected chi connectivity index (χ2v) is 4.98. The maximum Gasteiger partial charge on any atom is 0.122 e. The average Bonchev–Trinajstić information content (AvgIpc) is 2.66. The normalized spacial score (nSPS) is 14.4. The summed E-state index contributed by atoms with van der Waals surface area (Å²) in [7, 11) is 2.11. The molecule has 0 saturated carbocycles. The van der Waals surface area contributed by atoms with Crippen molar-refractivity contribution in [1.29, 1.82) is 0 Å². The lowest BCUT2D eigenvalue weighted by Crippen LogP contribution is -2.45. The number of furan rings is 1. The highest BCUT2D eigenvalue weighted by atomic mass is 16.3. The summed E-state index contributed by atoms with van der Waals surface area (Å²) in [6.45, 7) is 9.18. The Labute approximate surface area is 98.6 Å². The third-order valence-electron chi connectivity index (χ3n) is 3.60. The van der Waals surface area contributed by atoms with Crippen LogP contribution in [0.5, 0.6) is 0 Å². The van der Waals surface area contributed by atoms with Crippen LogP contribution in [-0.2, 0) is 0 Å². The molecule has 0 radical (unpaired) electrons. The Bertz CT molecular complexity index is 330. The summed E-state index contributed by atoms with van der Waals surface area (Å²) in [4.78, 5) is 2.30. The number of rotatable bonds is 5. The minimum Gasteiger partial charge on any atom is -0.465 e. The first-order chi connectivity index (χ1) is 7.42. The zero-order valence-corrected chi connectivity index (χ0v) is 11.1. The van der Waals surface area contributed by atoms with E-state index in [0.717, 1.165) is 17.9 Å². The molecule has 1 heterocycles. The van der Waals surface area contributed by atoms with Gasteiger partial charge in [0, 0.05) is 12.1 Å². The highest BCUT2D eigenvalue weighted by Gasteiger charge is 2.29. The van der Waals surface area contributed by atoms with Crippen molar-refractivity contribution < 1.29 is 4.42 Å². The van der Waals surface area contributed by atoms with Gasteiger partial charge in [0.1, 0.15) is 11.5 Å². The molecule has 1 aromatic rings. The molecule has 0 bridgehead atoms. The minimum absolute atomic E-state index is 0.130. The van der Waals surface area contributed by atoms with E-state index in [0.29, 0.717) is 6.54 Å². The van der Waals surface area contributed by atoms with Gasteiger partial charge in [-0.3, -0.25) is 4.90 Å². The molecule has 3 nitrogen and oxygen atoms in total. The lowest BCUT2D eigenvalue weighted by Gasteiger charge is -2.39. The molecular weight excluding hydrogens is 200 g/mol. The SMILES string of the molecule is CCC(C)(C)N(C)C(CN)c1ccc(C)o1. The molecule has 1 unspecified atom stereocenters. The molecule has 0 saturated heterocycles. The van der Waals surface area contributed by atoms with Crippen LogP contribution < -0.4 is 5.73 Å². The van der Waals surface area contributed by atoms with Crippen molar-refractivity contribution in [2.75, 3.05) is 13.6 Å². The van der Waals surface area contributed by atoms with Crippen LogP contribution in [0.1, 0.15) is 44.8 Å². The molecule has 1 rings (SSSR count). The number of nitrogens with two attached hydrogens (primary N) is 1. The largest absolute Gasteiger partial charge is 0.465 e. The maximum atomic E-state index is 5.86. The van der Waals surface area contributed by atoms with E-state index in [9.17, 15) is 0 Å². The van der Waals surface area contributed by atoms with Gasteiger partial charge in [-0.15, -0.1) is 0 Å². The second-order valence-electron chi connectivity index (χ2n) is 4.98. The number of nitrogens with zero attached hydrogens (tertiary/aromatic N) is 1. The Morgan fingerprint density at radius 2 is 2.06 bits per heavy atom. The van der Waals surface area contributed by atoms with Crippen molar-refractivity contribution in [2.24, 2.45) is 5.73 Å². The fourth-order valence-electron chi connectivity index (χ4n) is 1.77. The van der Waals surface area contributed by atoms with E-state index in [4.69, 9.17) is 10.2 Å². The molecule has 16 heavy (non-hydrogen) atoms. The molecule has 0 spiro atoms. The Balaban J connectivity index is 2.90. The van der Waals surface area contributed by atoms with E-state index in [1.807, 2.05) is 19.1 Å².